The van der Waals surface area contributed by atoms with Crippen molar-refractivity contribution >= 4 is 35.0 Å². The van der Waals surface area contributed by atoms with Crippen molar-refractivity contribution in [2.24, 2.45) is 0 Å². The van der Waals surface area contributed by atoms with Gasteiger partial charge in [0.05, 0.1) is 0 Å². The van der Waals surface area contributed by atoms with Crippen LogP contribution in [0.3, 0.4) is 0 Å². The van der Waals surface area contributed by atoms with E-state index in [1.54, 1.807) is 6.20 Å². The number of anilines is 4. The highest BCUT2D eigenvalue weighted by Crippen LogP contribution is 2.33. The van der Waals surface area contributed by atoms with Crippen LogP contribution in [-0.2, 0) is 9.59 Å². The van der Waals surface area contributed by atoms with Crippen LogP contribution >= 0.6 is 0 Å². The first kappa shape index (κ1) is 20.9. The SMILES string of the molecule is Cc1cnc(NCC2CC(=O)Nc3ccccc32)nc1NCC1CC(=O)Nc2ccccc21. The minimum Gasteiger partial charge on any atom is -0.369 e. The van der Waals surface area contributed by atoms with Crippen molar-refractivity contribution in [2.75, 3.05) is 34.4 Å². The molecule has 2 aliphatic rings. The second kappa shape index (κ2) is 8.90. The number of rotatable bonds is 6. The molecule has 1 aromatic heterocycles. The zero-order valence-corrected chi connectivity index (χ0v) is 18.4. The molecule has 5 rings (SSSR count). The highest BCUT2D eigenvalue weighted by molar-refractivity contribution is 5.95. The molecule has 2 aliphatic heterocycles. The molecule has 2 atom stereocenters. The van der Waals surface area contributed by atoms with Crippen molar-refractivity contribution in [1.29, 1.82) is 0 Å². The number of hydrogen-bond donors (Lipinski definition) is 4. The number of nitrogens with one attached hydrogen (secondary N) is 4. The fraction of sp³-hybridized carbons (Fsp3) is 0.280. The second-order valence-corrected chi connectivity index (χ2v) is 8.56. The first-order valence-electron chi connectivity index (χ1n) is 11.2. The molecule has 0 bridgehead atoms. The number of aromatic nitrogens is 2. The minimum atomic E-state index is 0.0180. The Morgan fingerprint density at radius 2 is 1.39 bits per heavy atom. The van der Waals surface area contributed by atoms with E-state index in [2.05, 4.69) is 37.3 Å². The Morgan fingerprint density at radius 3 is 2.00 bits per heavy atom. The van der Waals surface area contributed by atoms with Crippen LogP contribution in [-0.4, -0.2) is 34.9 Å². The van der Waals surface area contributed by atoms with Gasteiger partial charge in [0.2, 0.25) is 17.8 Å². The van der Waals surface area contributed by atoms with Crippen LogP contribution in [0.2, 0.25) is 0 Å². The predicted molar refractivity (Wildman–Crippen MR) is 129 cm³/mol. The quantitative estimate of drug-likeness (QED) is 0.462. The summed E-state index contributed by atoms with van der Waals surface area (Å²) in [6.07, 6.45) is 2.63. The van der Waals surface area contributed by atoms with Gasteiger partial charge < -0.3 is 21.3 Å². The average molecular weight is 443 g/mol. The van der Waals surface area contributed by atoms with Gasteiger partial charge in [-0.25, -0.2) is 4.98 Å². The number of amides is 2. The van der Waals surface area contributed by atoms with E-state index in [-0.39, 0.29) is 23.7 Å². The molecule has 3 aromatic rings. The fourth-order valence-electron chi connectivity index (χ4n) is 4.51. The third kappa shape index (κ3) is 4.50. The maximum Gasteiger partial charge on any atom is 0.225 e. The Kier molecular flexibility index (Phi) is 5.64. The number of nitrogens with zero attached hydrogens (tertiary/aromatic N) is 2. The number of para-hydroxylation sites is 2. The lowest BCUT2D eigenvalue weighted by Crippen LogP contribution is -2.27. The van der Waals surface area contributed by atoms with Crippen LogP contribution < -0.4 is 21.3 Å². The molecule has 168 valence electrons. The molecule has 0 saturated heterocycles. The summed E-state index contributed by atoms with van der Waals surface area (Å²) in [5.41, 5.74) is 4.91. The zero-order valence-electron chi connectivity index (χ0n) is 18.4. The van der Waals surface area contributed by atoms with Crippen molar-refractivity contribution in [2.45, 2.75) is 31.6 Å². The van der Waals surface area contributed by atoms with E-state index in [0.29, 0.717) is 31.9 Å². The van der Waals surface area contributed by atoms with E-state index >= 15 is 0 Å². The molecule has 0 spiro atoms. The fourth-order valence-corrected chi connectivity index (χ4v) is 4.51. The van der Waals surface area contributed by atoms with E-state index in [9.17, 15) is 9.59 Å². The van der Waals surface area contributed by atoms with Crippen LogP contribution in [0.5, 0.6) is 0 Å². The Labute approximate surface area is 192 Å². The number of fused-ring (bicyclic) bond motifs is 2. The molecule has 2 unspecified atom stereocenters. The van der Waals surface area contributed by atoms with Crippen LogP contribution in [0, 0.1) is 6.92 Å². The molecule has 2 aromatic carbocycles. The molecular formula is C25H26N6O2. The van der Waals surface area contributed by atoms with E-state index in [4.69, 9.17) is 0 Å². The van der Waals surface area contributed by atoms with Crippen LogP contribution in [0.15, 0.2) is 54.7 Å². The molecule has 0 radical (unpaired) electrons. The van der Waals surface area contributed by atoms with E-state index in [0.717, 1.165) is 33.9 Å². The zero-order chi connectivity index (χ0) is 22.8. The van der Waals surface area contributed by atoms with Crippen molar-refractivity contribution in [1.82, 2.24) is 9.97 Å². The highest BCUT2D eigenvalue weighted by atomic mass is 16.2. The van der Waals surface area contributed by atoms with Crippen molar-refractivity contribution in [3.05, 3.63) is 71.4 Å². The molecule has 8 heteroatoms. The molecule has 8 nitrogen and oxygen atoms in total. The molecule has 0 fully saturated rings. The highest BCUT2D eigenvalue weighted by Gasteiger charge is 2.26. The van der Waals surface area contributed by atoms with E-state index in [1.807, 2.05) is 49.4 Å². The lowest BCUT2D eigenvalue weighted by atomic mass is 9.90. The van der Waals surface area contributed by atoms with E-state index in [1.165, 1.54) is 0 Å². The normalized spacial score (nSPS) is 19.1. The molecule has 33 heavy (non-hydrogen) atoms. The Morgan fingerprint density at radius 1 is 0.848 bits per heavy atom. The third-order valence-corrected chi connectivity index (χ3v) is 6.21. The molecular weight excluding hydrogens is 416 g/mol. The summed E-state index contributed by atoms with van der Waals surface area (Å²) in [5.74, 6) is 1.40. The summed E-state index contributed by atoms with van der Waals surface area (Å²) >= 11 is 0. The summed E-state index contributed by atoms with van der Waals surface area (Å²) in [7, 11) is 0. The first-order valence-corrected chi connectivity index (χ1v) is 11.2. The molecule has 3 heterocycles. The Bertz CT molecular complexity index is 1210. The van der Waals surface area contributed by atoms with Gasteiger partial charge in [-0.1, -0.05) is 36.4 Å². The lowest BCUT2D eigenvalue weighted by molar-refractivity contribution is -0.117. The van der Waals surface area contributed by atoms with Crippen LogP contribution in [0.25, 0.3) is 0 Å². The summed E-state index contributed by atoms with van der Waals surface area (Å²) in [5, 5.41) is 12.6. The van der Waals surface area contributed by atoms with Gasteiger partial charge in [0.25, 0.3) is 0 Å². The lowest BCUT2D eigenvalue weighted by Gasteiger charge is -2.26. The molecule has 0 saturated carbocycles. The molecule has 2 amide bonds. The average Bonchev–Trinajstić information content (AvgIpc) is 2.82. The second-order valence-electron chi connectivity index (χ2n) is 8.56. The maximum atomic E-state index is 12.1. The molecule has 4 N–H and O–H groups in total. The van der Waals surface area contributed by atoms with E-state index < -0.39 is 0 Å². The van der Waals surface area contributed by atoms with Gasteiger partial charge in [-0.05, 0) is 30.2 Å². The van der Waals surface area contributed by atoms with Gasteiger partial charge in [0.1, 0.15) is 5.82 Å². The standard InChI is InChI=1S/C25H26N6O2/c1-15-12-27-25(28-14-17-11-23(33)30-21-9-5-3-7-19(17)21)31-24(15)26-13-16-10-22(32)29-20-8-4-2-6-18(16)20/h2-9,12,16-17H,10-11,13-14H2,1H3,(H,29,32)(H,30,33)(H2,26,27,28,31). The summed E-state index contributed by atoms with van der Waals surface area (Å²) < 4.78 is 0. The number of carbonyl (C=O) groups excluding carboxylic acids is 2. The summed E-state index contributed by atoms with van der Waals surface area (Å²) in [6.45, 7) is 3.11. The van der Waals surface area contributed by atoms with Crippen molar-refractivity contribution < 1.29 is 9.59 Å². The number of hydrogen-bond acceptors (Lipinski definition) is 6. The number of aryl methyl sites for hydroxylation is 1. The first-order chi connectivity index (χ1) is 16.1. The van der Waals surface area contributed by atoms with Crippen molar-refractivity contribution in [3.8, 4) is 0 Å². The monoisotopic (exact) mass is 442 g/mol. The smallest absolute Gasteiger partial charge is 0.225 e. The summed E-state index contributed by atoms with van der Waals surface area (Å²) in [4.78, 5) is 33.3. The largest absolute Gasteiger partial charge is 0.369 e. The minimum absolute atomic E-state index is 0.0180. The van der Waals surface area contributed by atoms with Crippen LogP contribution in [0.4, 0.5) is 23.1 Å². The van der Waals surface area contributed by atoms with Gasteiger partial charge in [-0.3, -0.25) is 9.59 Å². The Balaban J connectivity index is 1.27. The van der Waals surface area contributed by atoms with Gasteiger partial charge in [-0.2, -0.15) is 4.98 Å². The topological polar surface area (TPSA) is 108 Å². The third-order valence-electron chi connectivity index (χ3n) is 6.21. The van der Waals surface area contributed by atoms with Gasteiger partial charge in [0.15, 0.2) is 0 Å². The Hall–Kier alpha value is -3.94. The maximum absolute atomic E-state index is 12.1. The summed E-state index contributed by atoms with van der Waals surface area (Å²) in [6, 6.07) is 15.8. The number of benzene rings is 2. The van der Waals surface area contributed by atoms with Gasteiger partial charge in [-0.15, -0.1) is 0 Å². The van der Waals surface area contributed by atoms with Gasteiger partial charge in [0, 0.05) is 60.9 Å². The van der Waals surface area contributed by atoms with Crippen LogP contribution in [0.1, 0.15) is 41.4 Å². The molecule has 0 aliphatic carbocycles. The van der Waals surface area contributed by atoms with Crippen molar-refractivity contribution in [3.63, 3.8) is 0 Å². The number of carbonyl (C=O) groups is 2. The predicted octanol–water partition coefficient (Wildman–Crippen LogP) is 3.86. The van der Waals surface area contributed by atoms with Gasteiger partial charge >= 0.3 is 0 Å².